The second-order valence-corrected chi connectivity index (χ2v) is 4.76. The average Bonchev–Trinajstić information content (AvgIpc) is 2.37. The topological polar surface area (TPSA) is 75.4 Å². The van der Waals surface area contributed by atoms with Crippen molar-refractivity contribution in [3.05, 3.63) is 29.3 Å². The van der Waals surface area contributed by atoms with Crippen LogP contribution in [0.4, 0.5) is 14.5 Å². The third kappa shape index (κ3) is 2.84. The van der Waals surface area contributed by atoms with Gasteiger partial charge in [-0.15, -0.1) is 0 Å². The van der Waals surface area contributed by atoms with Gasteiger partial charge in [-0.05, 0) is 25.0 Å². The van der Waals surface area contributed by atoms with Gasteiger partial charge in [0.15, 0.2) is 5.82 Å². The van der Waals surface area contributed by atoms with Gasteiger partial charge >= 0.3 is 0 Å². The Balaban J connectivity index is 2.18. The molecule has 2 atom stereocenters. The highest BCUT2D eigenvalue weighted by Gasteiger charge is 2.27. The number of nitrogen functional groups attached to an aromatic ring is 1. The summed E-state index contributed by atoms with van der Waals surface area (Å²) in [7, 11) is 0. The number of carbonyl (C=O) groups is 1. The number of nitrogens with two attached hydrogens (primary N) is 1. The summed E-state index contributed by atoms with van der Waals surface area (Å²) in [6, 6.07) is 1.54. The van der Waals surface area contributed by atoms with Crippen molar-refractivity contribution >= 4 is 11.6 Å². The minimum Gasteiger partial charge on any atom is -0.396 e. The van der Waals surface area contributed by atoms with Crippen molar-refractivity contribution < 1.29 is 18.7 Å². The fraction of sp³-hybridized carbons (Fsp3) is 0.462. The fourth-order valence-electron chi connectivity index (χ4n) is 2.30. The Labute approximate surface area is 109 Å². The normalized spacial score (nSPS) is 23.1. The zero-order valence-corrected chi connectivity index (χ0v) is 10.3. The molecule has 1 aliphatic carbocycles. The fourth-order valence-corrected chi connectivity index (χ4v) is 2.30. The number of nitrogens with one attached hydrogen (secondary N) is 1. The predicted octanol–water partition coefficient (Wildman–Crippen LogP) is 1.58. The Bertz CT molecular complexity index is 494. The zero-order chi connectivity index (χ0) is 14.0. The summed E-state index contributed by atoms with van der Waals surface area (Å²) in [4.78, 5) is 11.9. The monoisotopic (exact) mass is 270 g/mol. The first-order valence-corrected chi connectivity index (χ1v) is 6.23. The molecule has 6 heteroatoms. The molecule has 0 radical (unpaired) electrons. The standard InChI is InChI=1S/C13H16F2N2O2/c14-7-5-6-8(16)12(15)11(7)13(19)17-9-3-1-2-4-10(9)18/h5-6,9-10,18H,1-4,16H2,(H,17,19). The van der Waals surface area contributed by atoms with Gasteiger partial charge in [-0.3, -0.25) is 4.79 Å². The van der Waals surface area contributed by atoms with Crippen molar-refractivity contribution in [1.82, 2.24) is 5.32 Å². The molecule has 4 nitrogen and oxygen atoms in total. The van der Waals surface area contributed by atoms with Crippen molar-refractivity contribution in [2.24, 2.45) is 0 Å². The Kier molecular flexibility index (Phi) is 3.99. The molecular formula is C13H16F2N2O2. The van der Waals surface area contributed by atoms with E-state index in [4.69, 9.17) is 5.73 Å². The van der Waals surface area contributed by atoms with Crippen LogP contribution in [0.1, 0.15) is 36.0 Å². The molecule has 1 aliphatic rings. The van der Waals surface area contributed by atoms with Crippen molar-refractivity contribution in [2.45, 2.75) is 37.8 Å². The second kappa shape index (κ2) is 5.52. The Morgan fingerprint density at radius 1 is 1.32 bits per heavy atom. The van der Waals surface area contributed by atoms with Gasteiger partial charge in [0, 0.05) is 0 Å². The quantitative estimate of drug-likeness (QED) is 0.714. The van der Waals surface area contributed by atoms with Crippen LogP contribution in [-0.2, 0) is 0 Å². The van der Waals surface area contributed by atoms with Crippen molar-refractivity contribution in [3.8, 4) is 0 Å². The lowest BCUT2D eigenvalue weighted by molar-refractivity contribution is 0.0711. The Hall–Kier alpha value is -1.69. The van der Waals surface area contributed by atoms with Gasteiger partial charge in [0.1, 0.15) is 11.4 Å². The molecule has 104 valence electrons. The number of hydrogen-bond acceptors (Lipinski definition) is 3. The van der Waals surface area contributed by atoms with E-state index in [1.807, 2.05) is 0 Å². The SMILES string of the molecule is Nc1ccc(F)c(C(=O)NC2CCCCC2O)c1F. The van der Waals surface area contributed by atoms with Crippen LogP contribution in [0.25, 0.3) is 0 Å². The van der Waals surface area contributed by atoms with E-state index in [-0.39, 0.29) is 5.69 Å². The van der Waals surface area contributed by atoms with Crippen molar-refractivity contribution in [3.63, 3.8) is 0 Å². The first-order valence-electron chi connectivity index (χ1n) is 6.23. The molecule has 1 fully saturated rings. The van der Waals surface area contributed by atoms with Gasteiger partial charge < -0.3 is 16.2 Å². The molecule has 0 aliphatic heterocycles. The lowest BCUT2D eigenvalue weighted by atomic mass is 9.92. The van der Waals surface area contributed by atoms with Crippen LogP contribution in [0, 0.1) is 11.6 Å². The molecule has 0 spiro atoms. The van der Waals surface area contributed by atoms with Crippen LogP contribution in [0.15, 0.2) is 12.1 Å². The lowest BCUT2D eigenvalue weighted by Crippen LogP contribution is -2.45. The number of hydrogen-bond donors (Lipinski definition) is 3. The molecule has 0 saturated heterocycles. The lowest BCUT2D eigenvalue weighted by Gasteiger charge is -2.28. The minimum atomic E-state index is -1.07. The first kappa shape index (κ1) is 13.7. The highest BCUT2D eigenvalue weighted by atomic mass is 19.1. The van der Waals surface area contributed by atoms with E-state index in [0.717, 1.165) is 25.0 Å². The van der Waals surface area contributed by atoms with E-state index >= 15 is 0 Å². The van der Waals surface area contributed by atoms with Gasteiger partial charge in [0.25, 0.3) is 5.91 Å². The van der Waals surface area contributed by atoms with Crippen LogP contribution in [0.3, 0.4) is 0 Å². The second-order valence-electron chi connectivity index (χ2n) is 4.76. The third-order valence-electron chi connectivity index (χ3n) is 3.39. The molecule has 2 rings (SSSR count). The molecule has 1 aromatic rings. The summed E-state index contributed by atoms with van der Waals surface area (Å²) >= 11 is 0. The number of aliphatic hydroxyl groups excluding tert-OH is 1. The molecule has 0 bridgehead atoms. The highest BCUT2D eigenvalue weighted by Crippen LogP contribution is 2.21. The molecule has 1 saturated carbocycles. The maximum Gasteiger partial charge on any atom is 0.257 e. The van der Waals surface area contributed by atoms with E-state index < -0.39 is 35.3 Å². The van der Waals surface area contributed by atoms with E-state index in [0.29, 0.717) is 12.8 Å². The van der Waals surface area contributed by atoms with Gasteiger partial charge in [-0.2, -0.15) is 0 Å². The number of anilines is 1. The average molecular weight is 270 g/mol. The third-order valence-corrected chi connectivity index (χ3v) is 3.39. The molecule has 0 aromatic heterocycles. The summed E-state index contributed by atoms with van der Waals surface area (Å²) in [5.41, 5.74) is 4.34. The highest BCUT2D eigenvalue weighted by molar-refractivity contribution is 5.95. The molecule has 4 N–H and O–H groups in total. The summed E-state index contributed by atoms with van der Waals surface area (Å²) < 4.78 is 27.2. The number of halogens is 2. The summed E-state index contributed by atoms with van der Waals surface area (Å²) in [6.45, 7) is 0. The van der Waals surface area contributed by atoms with E-state index in [9.17, 15) is 18.7 Å². The maximum absolute atomic E-state index is 13.7. The molecule has 2 unspecified atom stereocenters. The van der Waals surface area contributed by atoms with Crippen molar-refractivity contribution in [1.29, 1.82) is 0 Å². The number of carbonyl (C=O) groups excluding carboxylic acids is 1. The predicted molar refractivity (Wildman–Crippen MR) is 66.5 cm³/mol. The molecule has 1 aromatic carbocycles. The van der Waals surface area contributed by atoms with Gasteiger partial charge in [-0.25, -0.2) is 8.78 Å². The smallest absolute Gasteiger partial charge is 0.257 e. The number of benzene rings is 1. The van der Waals surface area contributed by atoms with Gasteiger partial charge in [0.05, 0.1) is 17.8 Å². The van der Waals surface area contributed by atoms with Crippen LogP contribution in [0.5, 0.6) is 0 Å². The van der Waals surface area contributed by atoms with Crippen LogP contribution in [0.2, 0.25) is 0 Å². The largest absolute Gasteiger partial charge is 0.396 e. The molecule has 0 heterocycles. The van der Waals surface area contributed by atoms with E-state index in [1.165, 1.54) is 0 Å². The van der Waals surface area contributed by atoms with Crippen LogP contribution >= 0.6 is 0 Å². The van der Waals surface area contributed by atoms with Crippen molar-refractivity contribution in [2.75, 3.05) is 5.73 Å². The summed E-state index contributed by atoms with van der Waals surface area (Å²) in [6.07, 6.45) is 2.24. The van der Waals surface area contributed by atoms with Gasteiger partial charge in [-0.1, -0.05) is 12.8 Å². The van der Waals surface area contributed by atoms with E-state index in [2.05, 4.69) is 5.32 Å². The minimum absolute atomic E-state index is 0.282. The number of amides is 1. The summed E-state index contributed by atoms with van der Waals surface area (Å²) in [5, 5.41) is 12.2. The van der Waals surface area contributed by atoms with Gasteiger partial charge in [0.2, 0.25) is 0 Å². The summed E-state index contributed by atoms with van der Waals surface area (Å²) in [5.74, 6) is -2.91. The van der Waals surface area contributed by atoms with E-state index in [1.54, 1.807) is 0 Å². The van der Waals surface area contributed by atoms with Crippen LogP contribution in [-0.4, -0.2) is 23.2 Å². The molecular weight excluding hydrogens is 254 g/mol. The maximum atomic E-state index is 13.7. The Morgan fingerprint density at radius 3 is 2.68 bits per heavy atom. The zero-order valence-electron chi connectivity index (χ0n) is 10.3. The number of rotatable bonds is 2. The Morgan fingerprint density at radius 2 is 2.00 bits per heavy atom. The van der Waals surface area contributed by atoms with Crippen LogP contribution < -0.4 is 11.1 Å². The first-order chi connectivity index (χ1) is 9.00. The number of aliphatic hydroxyl groups is 1. The molecule has 1 amide bonds. The molecule has 19 heavy (non-hydrogen) atoms.